The van der Waals surface area contributed by atoms with E-state index in [2.05, 4.69) is 202 Å². The highest BCUT2D eigenvalue weighted by molar-refractivity contribution is 6.20. The Kier molecular flexibility index (Phi) is 6.68. The van der Waals surface area contributed by atoms with E-state index in [0.717, 1.165) is 39.3 Å². The van der Waals surface area contributed by atoms with Crippen LogP contribution in [0.15, 0.2) is 170 Å². The molecule has 9 aromatic rings. The normalized spacial score (nSPS) is 14.5. The first kappa shape index (κ1) is 32.0. The van der Waals surface area contributed by atoms with Crippen molar-refractivity contribution in [3.8, 4) is 61.6 Å². The van der Waals surface area contributed by atoms with Crippen LogP contribution in [0, 0.1) is 0 Å². The highest BCUT2D eigenvalue weighted by Gasteiger charge is 2.47. The molecule has 0 radical (unpaired) electrons. The summed E-state index contributed by atoms with van der Waals surface area (Å²) < 4.78 is 2.57. The minimum Gasteiger partial charge on any atom is -0.309 e. The van der Waals surface area contributed by atoms with Gasteiger partial charge in [0.1, 0.15) is 0 Å². The molecule has 0 unspecified atom stereocenters. The van der Waals surface area contributed by atoms with Crippen molar-refractivity contribution in [3.05, 3.63) is 192 Å². The second-order valence-corrected chi connectivity index (χ2v) is 16.3. The van der Waals surface area contributed by atoms with Gasteiger partial charge in [0.2, 0.25) is 0 Å². The molecule has 0 N–H and O–H groups in total. The quantitative estimate of drug-likeness (QED) is 0.178. The lowest BCUT2D eigenvalue weighted by atomic mass is 9.76. The lowest BCUT2D eigenvalue weighted by Crippen LogP contribution is -2.19. The molecule has 0 atom stereocenters. The van der Waals surface area contributed by atoms with Crippen LogP contribution in [-0.2, 0) is 10.8 Å². The van der Waals surface area contributed by atoms with E-state index in [0.29, 0.717) is 0 Å². The third-order valence-corrected chi connectivity index (χ3v) is 12.5. The van der Waals surface area contributed by atoms with E-state index in [4.69, 9.17) is 4.98 Å². The number of pyridine rings is 1. The molecule has 2 heterocycles. The van der Waals surface area contributed by atoms with Gasteiger partial charge in [-0.2, -0.15) is 0 Å². The number of rotatable bonds is 4. The number of nitrogens with zero attached hydrogens (tertiary/aromatic N) is 2. The second kappa shape index (κ2) is 11.5. The maximum atomic E-state index is 5.14. The molecule has 7 aromatic carbocycles. The molecule has 0 aliphatic heterocycles. The molecule has 0 saturated heterocycles. The largest absolute Gasteiger partial charge is 0.309 e. The van der Waals surface area contributed by atoms with Crippen molar-refractivity contribution in [1.82, 2.24) is 9.55 Å². The number of aromatic nitrogens is 2. The molecular weight excluding hydrogens is 665 g/mol. The van der Waals surface area contributed by atoms with E-state index in [-0.39, 0.29) is 10.8 Å². The van der Waals surface area contributed by atoms with Gasteiger partial charge in [-0.3, -0.25) is 0 Å². The topological polar surface area (TPSA) is 17.8 Å². The van der Waals surface area contributed by atoms with Gasteiger partial charge in [-0.25, -0.2) is 4.98 Å². The molecule has 0 fully saturated rings. The van der Waals surface area contributed by atoms with Gasteiger partial charge in [-0.05, 0) is 86.0 Å². The zero-order valence-corrected chi connectivity index (χ0v) is 31.6. The van der Waals surface area contributed by atoms with Crippen LogP contribution in [0.3, 0.4) is 0 Å². The van der Waals surface area contributed by atoms with Crippen LogP contribution in [-0.4, -0.2) is 9.55 Å². The monoisotopic (exact) mass is 704 g/mol. The standard InChI is InChI=1S/C53H40N2/c1-52(2)41-24-14-11-21-38(41)46-47-39-22-12-15-25-42(39)53(3,4)50(47)51-48(49(46)52)40-23-13-16-26-45(40)55(51)37-29-27-33(28-30-37)36-31-43(34-17-7-5-8-18-34)54-44(32-36)35-19-9-6-10-20-35/h5-32H,1-4H3. The molecule has 2 aromatic heterocycles. The van der Waals surface area contributed by atoms with Gasteiger partial charge in [0, 0.05) is 38.4 Å². The summed E-state index contributed by atoms with van der Waals surface area (Å²) in [5.74, 6) is 0. The predicted octanol–water partition coefficient (Wildman–Crippen LogP) is 13.8. The molecule has 0 saturated carbocycles. The zero-order valence-electron chi connectivity index (χ0n) is 31.6. The van der Waals surface area contributed by atoms with Gasteiger partial charge >= 0.3 is 0 Å². The van der Waals surface area contributed by atoms with Crippen molar-refractivity contribution in [2.24, 2.45) is 0 Å². The molecule has 11 rings (SSSR count). The fourth-order valence-electron chi connectivity index (χ4n) is 10.0. The fourth-order valence-corrected chi connectivity index (χ4v) is 10.0. The first-order chi connectivity index (χ1) is 26.8. The van der Waals surface area contributed by atoms with E-state index in [1.165, 1.54) is 66.3 Å². The van der Waals surface area contributed by atoms with Gasteiger partial charge in [0.15, 0.2) is 0 Å². The van der Waals surface area contributed by atoms with Gasteiger partial charge in [0.25, 0.3) is 0 Å². The van der Waals surface area contributed by atoms with E-state index in [9.17, 15) is 0 Å². The number of fused-ring (bicyclic) bond motifs is 12. The first-order valence-electron chi connectivity index (χ1n) is 19.4. The summed E-state index contributed by atoms with van der Waals surface area (Å²) in [6, 6.07) is 62.0. The van der Waals surface area contributed by atoms with Gasteiger partial charge in [0.05, 0.1) is 22.4 Å². The summed E-state index contributed by atoms with van der Waals surface area (Å²) >= 11 is 0. The molecule has 0 spiro atoms. The minimum atomic E-state index is -0.203. The Morgan fingerprint density at radius 2 is 0.927 bits per heavy atom. The van der Waals surface area contributed by atoms with Crippen LogP contribution in [0.1, 0.15) is 49.9 Å². The predicted molar refractivity (Wildman–Crippen MR) is 230 cm³/mol. The number of hydrogen-bond donors (Lipinski definition) is 0. The Labute approximate surface area is 322 Å². The minimum absolute atomic E-state index is 0.173. The van der Waals surface area contributed by atoms with E-state index >= 15 is 0 Å². The van der Waals surface area contributed by atoms with Gasteiger partial charge < -0.3 is 4.57 Å². The highest BCUT2D eigenvalue weighted by Crippen LogP contribution is 2.63. The number of hydrogen-bond acceptors (Lipinski definition) is 1. The smallest absolute Gasteiger partial charge is 0.0715 e. The fraction of sp³-hybridized carbons (Fsp3) is 0.113. The van der Waals surface area contributed by atoms with Crippen molar-refractivity contribution in [2.45, 2.75) is 38.5 Å². The van der Waals surface area contributed by atoms with E-state index in [1.54, 1.807) is 0 Å². The summed E-state index contributed by atoms with van der Waals surface area (Å²) in [4.78, 5) is 5.14. The zero-order chi connectivity index (χ0) is 37.1. The van der Waals surface area contributed by atoms with Crippen molar-refractivity contribution < 1.29 is 0 Å². The molecule has 0 amide bonds. The van der Waals surface area contributed by atoms with Crippen molar-refractivity contribution in [2.75, 3.05) is 0 Å². The van der Waals surface area contributed by atoms with Gasteiger partial charge in [-0.15, -0.1) is 0 Å². The molecular formula is C53H40N2. The molecule has 55 heavy (non-hydrogen) atoms. The van der Waals surface area contributed by atoms with Crippen LogP contribution in [0.25, 0.3) is 83.4 Å². The third kappa shape index (κ3) is 4.46. The van der Waals surface area contributed by atoms with Gasteiger partial charge in [-0.1, -0.05) is 167 Å². The van der Waals surface area contributed by atoms with E-state index in [1.807, 2.05) is 0 Å². The summed E-state index contributed by atoms with van der Waals surface area (Å²) in [6.45, 7) is 9.72. The number of para-hydroxylation sites is 1. The Hall–Kier alpha value is -6.51. The molecule has 2 heteroatoms. The van der Waals surface area contributed by atoms with Crippen molar-refractivity contribution in [1.29, 1.82) is 0 Å². The Bertz CT molecular complexity index is 2940. The lowest BCUT2D eigenvalue weighted by molar-refractivity contribution is 0.658. The Morgan fingerprint density at radius 3 is 1.53 bits per heavy atom. The highest BCUT2D eigenvalue weighted by atomic mass is 15.0. The average molecular weight is 705 g/mol. The maximum absolute atomic E-state index is 5.14. The summed E-state index contributed by atoms with van der Waals surface area (Å²) in [5, 5.41) is 2.69. The second-order valence-electron chi connectivity index (χ2n) is 16.3. The SMILES string of the molecule is CC1(C)c2ccccc2-c2c3c(c4c(c21)c1ccccc1n4-c1ccc(-c2cc(-c4ccccc4)nc(-c4ccccc4)c2)cc1)C(C)(C)c1ccccc1-3. The van der Waals surface area contributed by atoms with Crippen molar-refractivity contribution >= 4 is 21.8 Å². The lowest BCUT2D eigenvalue weighted by Gasteiger charge is -2.27. The van der Waals surface area contributed by atoms with Crippen LogP contribution in [0.4, 0.5) is 0 Å². The van der Waals surface area contributed by atoms with Crippen LogP contribution < -0.4 is 0 Å². The molecule has 0 bridgehead atoms. The molecule has 262 valence electrons. The third-order valence-electron chi connectivity index (χ3n) is 12.5. The van der Waals surface area contributed by atoms with E-state index < -0.39 is 0 Å². The Morgan fingerprint density at radius 1 is 0.436 bits per heavy atom. The summed E-state index contributed by atoms with van der Waals surface area (Å²) in [6.07, 6.45) is 0. The van der Waals surface area contributed by atoms with Crippen LogP contribution in [0.2, 0.25) is 0 Å². The number of benzene rings is 7. The first-order valence-corrected chi connectivity index (χ1v) is 19.4. The summed E-state index contributed by atoms with van der Waals surface area (Å²) in [7, 11) is 0. The van der Waals surface area contributed by atoms with Crippen molar-refractivity contribution in [3.63, 3.8) is 0 Å². The Balaban J connectivity index is 1.18. The summed E-state index contributed by atoms with van der Waals surface area (Å²) in [5.41, 5.74) is 21.1. The maximum Gasteiger partial charge on any atom is 0.0715 e. The van der Waals surface area contributed by atoms with Crippen LogP contribution in [0.5, 0.6) is 0 Å². The molecule has 2 nitrogen and oxygen atoms in total. The van der Waals surface area contributed by atoms with Crippen LogP contribution >= 0.6 is 0 Å². The average Bonchev–Trinajstić information content (AvgIpc) is 3.78. The molecule has 2 aliphatic rings. The molecule has 2 aliphatic carbocycles.